The second kappa shape index (κ2) is 6.49. The van der Waals surface area contributed by atoms with E-state index in [2.05, 4.69) is 39.5 Å². The van der Waals surface area contributed by atoms with Crippen molar-refractivity contribution in [2.75, 3.05) is 19.6 Å². The van der Waals surface area contributed by atoms with Gasteiger partial charge in [-0.1, -0.05) is 41.0 Å². The van der Waals surface area contributed by atoms with Crippen LogP contribution in [0.4, 0.5) is 0 Å². The van der Waals surface area contributed by atoms with Crippen molar-refractivity contribution in [3.05, 3.63) is 0 Å². The Labute approximate surface area is 95.7 Å². The molecular formula is C13H29NO. The molecule has 0 rings (SSSR count). The number of hydrogen-bond acceptors (Lipinski definition) is 2. The number of hydrogen-bond donors (Lipinski definition) is 1. The fourth-order valence-corrected chi connectivity index (χ4v) is 1.58. The molecule has 0 spiro atoms. The highest BCUT2D eigenvalue weighted by atomic mass is 16.3. The highest BCUT2D eigenvalue weighted by Crippen LogP contribution is 2.22. The Kier molecular flexibility index (Phi) is 6.46. The Balaban J connectivity index is 4.20. The quantitative estimate of drug-likeness (QED) is 0.706. The first kappa shape index (κ1) is 14.9. The lowest BCUT2D eigenvalue weighted by atomic mass is 9.86. The van der Waals surface area contributed by atoms with Gasteiger partial charge in [0.1, 0.15) is 0 Å². The summed E-state index contributed by atoms with van der Waals surface area (Å²) in [7, 11) is 0. The average molecular weight is 215 g/mol. The first-order chi connectivity index (χ1) is 6.83. The van der Waals surface area contributed by atoms with Gasteiger partial charge in [-0.05, 0) is 19.4 Å². The van der Waals surface area contributed by atoms with Gasteiger partial charge in [0.05, 0.1) is 6.10 Å². The summed E-state index contributed by atoms with van der Waals surface area (Å²) in [6.07, 6.45) is 0.981. The molecule has 0 aliphatic rings. The molecule has 2 nitrogen and oxygen atoms in total. The zero-order chi connectivity index (χ0) is 12.1. The fourth-order valence-electron chi connectivity index (χ4n) is 1.58. The summed E-state index contributed by atoms with van der Waals surface area (Å²) in [6, 6.07) is 0. The lowest BCUT2D eigenvalue weighted by Gasteiger charge is -2.35. The summed E-state index contributed by atoms with van der Waals surface area (Å²) in [5, 5.41) is 9.69. The monoisotopic (exact) mass is 215 g/mol. The van der Waals surface area contributed by atoms with Crippen LogP contribution in [0.1, 0.15) is 48.0 Å². The largest absolute Gasteiger partial charge is 0.393 e. The van der Waals surface area contributed by atoms with Crippen LogP contribution in [-0.4, -0.2) is 35.7 Å². The number of aliphatic hydroxyl groups excluding tert-OH is 1. The van der Waals surface area contributed by atoms with Crippen molar-refractivity contribution in [2.24, 2.45) is 11.3 Å². The van der Waals surface area contributed by atoms with E-state index in [-0.39, 0.29) is 11.5 Å². The molecule has 0 amide bonds. The van der Waals surface area contributed by atoms with Crippen LogP contribution >= 0.6 is 0 Å². The molecule has 2 heteroatoms. The summed E-state index contributed by atoms with van der Waals surface area (Å²) in [4.78, 5) is 2.45. The Bertz CT molecular complexity index is 166. The molecular weight excluding hydrogens is 186 g/mol. The number of aliphatic hydroxyl groups is 1. The molecule has 0 bridgehead atoms. The zero-order valence-electron chi connectivity index (χ0n) is 11.4. The second-order valence-electron chi connectivity index (χ2n) is 5.51. The molecule has 92 valence electrons. The normalized spacial score (nSPS) is 16.8. The molecule has 0 fully saturated rings. The van der Waals surface area contributed by atoms with Gasteiger partial charge in [-0.3, -0.25) is 0 Å². The third-order valence-corrected chi connectivity index (χ3v) is 3.48. The molecule has 15 heavy (non-hydrogen) atoms. The van der Waals surface area contributed by atoms with Gasteiger partial charge in [-0.15, -0.1) is 0 Å². The maximum atomic E-state index is 9.69. The highest BCUT2D eigenvalue weighted by molar-refractivity contribution is 4.79. The SMILES string of the molecule is CCC(C)CN(CC)CC(C)(C)C(C)O. The van der Waals surface area contributed by atoms with Gasteiger partial charge < -0.3 is 10.0 Å². The minimum atomic E-state index is -0.247. The first-order valence-electron chi connectivity index (χ1n) is 6.23. The summed E-state index contributed by atoms with van der Waals surface area (Å²) in [5.74, 6) is 0.745. The van der Waals surface area contributed by atoms with Gasteiger partial charge in [-0.2, -0.15) is 0 Å². The molecule has 0 aliphatic carbocycles. The van der Waals surface area contributed by atoms with Crippen LogP contribution in [-0.2, 0) is 0 Å². The molecule has 0 aliphatic heterocycles. The van der Waals surface area contributed by atoms with Crippen molar-refractivity contribution >= 4 is 0 Å². The van der Waals surface area contributed by atoms with Crippen molar-refractivity contribution in [2.45, 2.75) is 54.1 Å². The molecule has 0 saturated heterocycles. The molecule has 0 aromatic rings. The second-order valence-corrected chi connectivity index (χ2v) is 5.51. The topological polar surface area (TPSA) is 23.5 Å². The van der Waals surface area contributed by atoms with Gasteiger partial charge in [0, 0.05) is 18.5 Å². The van der Waals surface area contributed by atoms with Gasteiger partial charge in [-0.25, -0.2) is 0 Å². The van der Waals surface area contributed by atoms with E-state index in [1.54, 1.807) is 0 Å². The third-order valence-electron chi connectivity index (χ3n) is 3.48. The maximum Gasteiger partial charge on any atom is 0.0575 e. The highest BCUT2D eigenvalue weighted by Gasteiger charge is 2.26. The van der Waals surface area contributed by atoms with E-state index in [9.17, 15) is 5.11 Å². The van der Waals surface area contributed by atoms with Gasteiger partial charge in [0.2, 0.25) is 0 Å². The van der Waals surface area contributed by atoms with Crippen LogP contribution in [0.2, 0.25) is 0 Å². The van der Waals surface area contributed by atoms with Crippen molar-refractivity contribution < 1.29 is 5.11 Å². The Hall–Kier alpha value is -0.0800. The number of rotatable bonds is 7. The van der Waals surface area contributed by atoms with Crippen molar-refractivity contribution in [1.82, 2.24) is 4.90 Å². The molecule has 0 heterocycles. The number of nitrogens with zero attached hydrogens (tertiary/aromatic N) is 1. The maximum absolute atomic E-state index is 9.69. The van der Waals surface area contributed by atoms with E-state index in [0.717, 1.165) is 25.6 Å². The molecule has 2 atom stereocenters. The lowest BCUT2D eigenvalue weighted by Crippen LogP contribution is -2.41. The van der Waals surface area contributed by atoms with E-state index in [0.29, 0.717) is 0 Å². The Morgan fingerprint density at radius 3 is 2.07 bits per heavy atom. The molecule has 0 radical (unpaired) electrons. The zero-order valence-corrected chi connectivity index (χ0v) is 11.4. The van der Waals surface area contributed by atoms with E-state index >= 15 is 0 Å². The lowest BCUT2D eigenvalue weighted by molar-refractivity contribution is 0.0322. The predicted octanol–water partition coefficient (Wildman–Crippen LogP) is 2.76. The average Bonchev–Trinajstić information content (AvgIpc) is 2.15. The van der Waals surface area contributed by atoms with E-state index in [4.69, 9.17) is 0 Å². The molecule has 1 N–H and O–H groups in total. The molecule has 2 unspecified atom stereocenters. The predicted molar refractivity (Wildman–Crippen MR) is 67.0 cm³/mol. The summed E-state index contributed by atoms with van der Waals surface area (Å²) in [6.45, 7) is 16.1. The van der Waals surface area contributed by atoms with Crippen LogP contribution < -0.4 is 0 Å². The molecule has 0 saturated carbocycles. The van der Waals surface area contributed by atoms with Gasteiger partial charge in [0.15, 0.2) is 0 Å². The molecule has 0 aromatic carbocycles. The third kappa shape index (κ3) is 5.53. The minimum Gasteiger partial charge on any atom is -0.393 e. The minimum absolute atomic E-state index is 0.0104. The summed E-state index contributed by atoms with van der Waals surface area (Å²) < 4.78 is 0. The Morgan fingerprint density at radius 2 is 1.73 bits per heavy atom. The van der Waals surface area contributed by atoms with E-state index in [1.807, 2.05) is 6.92 Å². The van der Waals surface area contributed by atoms with Crippen molar-refractivity contribution in [1.29, 1.82) is 0 Å². The first-order valence-corrected chi connectivity index (χ1v) is 6.23. The van der Waals surface area contributed by atoms with Crippen LogP contribution in [0.25, 0.3) is 0 Å². The van der Waals surface area contributed by atoms with E-state index < -0.39 is 0 Å². The Morgan fingerprint density at radius 1 is 1.20 bits per heavy atom. The standard InChI is InChI=1S/C13H29NO/c1-7-11(3)9-14(8-2)10-13(5,6)12(4)15/h11-12,15H,7-10H2,1-6H3. The smallest absolute Gasteiger partial charge is 0.0575 e. The van der Waals surface area contributed by atoms with Crippen LogP contribution in [0.3, 0.4) is 0 Å². The fraction of sp³-hybridized carbons (Fsp3) is 1.00. The van der Waals surface area contributed by atoms with Crippen LogP contribution in [0.5, 0.6) is 0 Å². The summed E-state index contributed by atoms with van der Waals surface area (Å²) >= 11 is 0. The van der Waals surface area contributed by atoms with Crippen LogP contribution in [0.15, 0.2) is 0 Å². The van der Waals surface area contributed by atoms with Crippen molar-refractivity contribution in [3.8, 4) is 0 Å². The summed E-state index contributed by atoms with van der Waals surface area (Å²) in [5.41, 5.74) is -0.0104. The molecule has 0 aromatic heterocycles. The van der Waals surface area contributed by atoms with Crippen LogP contribution in [0, 0.1) is 11.3 Å². The van der Waals surface area contributed by atoms with Crippen molar-refractivity contribution in [3.63, 3.8) is 0 Å². The van der Waals surface area contributed by atoms with Gasteiger partial charge >= 0.3 is 0 Å². The van der Waals surface area contributed by atoms with Gasteiger partial charge in [0.25, 0.3) is 0 Å². The van der Waals surface area contributed by atoms with E-state index in [1.165, 1.54) is 6.42 Å².